The van der Waals surface area contributed by atoms with Crippen LogP contribution in [0.15, 0.2) is 36.4 Å². The van der Waals surface area contributed by atoms with Crippen molar-refractivity contribution in [3.63, 3.8) is 0 Å². The quantitative estimate of drug-likeness (QED) is 0.321. The van der Waals surface area contributed by atoms with Crippen LogP contribution in [0.25, 0.3) is 6.08 Å². The maximum atomic E-state index is 11.3. The van der Waals surface area contributed by atoms with E-state index >= 15 is 0 Å². The molecule has 0 unspecified atom stereocenters. The SMILES string of the molecule is CCCCCCC#CC(=O)OC/C=C/c1ccccc1. The minimum Gasteiger partial charge on any atom is -0.452 e. The monoisotopic (exact) mass is 270 g/mol. The third-order valence-corrected chi connectivity index (χ3v) is 2.77. The average Bonchev–Trinajstić information content (AvgIpc) is 2.48. The summed E-state index contributed by atoms with van der Waals surface area (Å²) in [5.74, 6) is 4.92. The molecular formula is C18H22O2. The molecule has 0 N–H and O–H groups in total. The van der Waals surface area contributed by atoms with Gasteiger partial charge in [0, 0.05) is 12.3 Å². The molecule has 0 amide bonds. The van der Waals surface area contributed by atoms with Gasteiger partial charge in [0.05, 0.1) is 0 Å². The van der Waals surface area contributed by atoms with Crippen LogP contribution in [-0.4, -0.2) is 12.6 Å². The van der Waals surface area contributed by atoms with Crippen molar-refractivity contribution in [2.45, 2.75) is 39.0 Å². The highest BCUT2D eigenvalue weighted by molar-refractivity contribution is 5.88. The Bertz CT molecular complexity index is 463. The van der Waals surface area contributed by atoms with Crippen molar-refractivity contribution in [2.75, 3.05) is 6.61 Å². The average molecular weight is 270 g/mol. The van der Waals surface area contributed by atoms with Gasteiger partial charge in [-0.3, -0.25) is 0 Å². The molecule has 0 saturated heterocycles. The van der Waals surface area contributed by atoms with Gasteiger partial charge in [-0.15, -0.1) is 0 Å². The fourth-order valence-electron chi connectivity index (χ4n) is 1.68. The highest BCUT2D eigenvalue weighted by atomic mass is 16.5. The van der Waals surface area contributed by atoms with E-state index in [-0.39, 0.29) is 6.61 Å². The number of unbranched alkanes of at least 4 members (excludes halogenated alkanes) is 4. The number of hydrogen-bond acceptors (Lipinski definition) is 2. The Labute approximate surface area is 121 Å². The summed E-state index contributed by atoms with van der Waals surface area (Å²) in [6, 6.07) is 9.89. The normalized spacial score (nSPS) is 10.1. The van der Waals surface area contributed by atoms with Crippen molar-refractivity contribution in [1.29, 1.82) is 0 Å². The molecule has 1 aromatic carbocycles. The molecule has 106 valence electrons. The van der Waals surface area contributed by atoms with Gasteiger partial charge in [-0.1, -0.05) is 68.5 Å². The largest absolute Gasteiger partial charge is 0.452 e. The topological polar surface area (TPSA) is 26.3 Å². The van der Waals surface area contributed by atoms with Gasteiger partial charge in [-0.25, -0.2) is 4.79 Å². The Hall–Kier alpha value is -2.01. The zero-order valence-electron chi connectivity index (χ0n) is 12.1. The first-order chi connectivity index (χ1) is 9.83. The van der Waals surface area contributed by atoms with E-state index in [2.05, 4.69) is 18.8 Å². The first-order valence-electron chi connectivity index (χ1n) is 7.20. The first-order valence-corrected chi connectivity index (χ1v) is 7.20. The summed E-state index contributed by atoms with van der Waals surface area (Å²) in [4.78, 5) is 11.3. The molecule has 1 aromatic rings. The molecule has 0 aliphatic carbocycles. The fraction of sp³-hybridized carbons (Fsp3) is 0.389. The van der Waals surface area contributed by atoms with Crippen LogP contribution < -0.4 is 0 Å². The Morgan fingerprint density at radius 2 is 2.00 bits per heavy atom. The van der Waals surface area contributed by atoms with Crippen LogP contribution in [-0.2, 0) is 9.53 Å². The summed E-state index contributed by atoms with van der Waals surface area (Å²) in [6.45, 7) is 2.43. The van der Waals surface area contributed by atoms with Crippen molar-refractivity contribution in [3.05, 3.63) is 42.0 Å². The van der Waals surface area contributed by atoms with E-state index in [1.807, 2.05) is 42.5 Å². The Balaban J connectivity index is 2.14. The van der Waals surface area contributed by atoms with Crippen molar-refractivity contribution in [1.82, 2.24) is 0 Å². The van der Waals surface area contributed by atoms with Crippen LogP contribution in [0.3, 0.4) is 0 Å². The van der Waals surface area contributed by atoms with Gasteiger partial charge in [0.15, 0.2) is 0 Å². The maximum absolute atomic E-state index is 11.3. The van der Waals surface area contributed by atoms with E-state index in [9.17, 15) is 4.79 Å². The smallest absolute Gasteiger partial charge is 0.384 e. The molecule has 2 heteroatoms. The zero-order chi connectivity index (χ0) is 14.5. The zero-order valence-corrected chi connectivity index (χ0v) is 12.1. The number of benzene rings is 1. The van der Waals surface area contributed by atoms with Crippen molar-refractivity contribution in [2.24, 2.45) is 0 Å². The highest BCUT2D eigenvalue weighted by Gasteiger charge is 1.93. The van der Waals surface area contributed by atoms with Crippen molar-refractivity contribution >= 4 is 12.0 Å². The molecule has 0 spiro atoms. The van der Waals surface area contributed by atoms with Crippen molar-refractivity contribution < 1.29 is 9.53 Å². The van der Waals surface area contributed by atoms with Gasteiger partial charge in [0.1, 0.15) is 6.61 Å². The first kappa shape index (κ1) is 16.0. The van der Waals surface area contributed by atoms with E-state index < -0.39 is 5.97 Å². The molecule has 0 aromatic heterocycles. The van der Waals surface area contributed by atoms with Gasteiger partial charge in [-0.05, 0) is 18.1 Å². The van der Waals surface area contributed by atoms with Crippen LogP contribution in [0.2, 0.25) is 0 Å². The summed E-state index contributed by atoms with van der Waals surface area (Å²) in [5, 5.41) is 0. The number of carbonyl (C=O) groups is 1. The highest BCUT2D eigenvalue weighted by Crippen LogP contribution is 2.01. The summed E-state index contributed by atoms with van der Waals surface area (Å²) in [6.07, 6.45) is 9.19. The minimum absolute atomic E-state index is 0.262. The lowest BCUT2D eigenvalue weighted by atomic mass is 10.2. The second-order valence-corrected chi connectivity index (χ2v) is 4.52. The van der Waals surface area contributed by atoms with Gasteiger partial charge >= 0.3 is 5.97 Å². The molecule has 1 rings (SSSR count). The molecule has 0 saturated carbocycles. The number of rotatable bonds is 7. The molecule has 0 bridgehead atoms. The van der Waals surface area contributed by atoms with E-state index in [0.29, 0.717) is 0 Å². The van der Waals surface area contributed by atoms with E-state index in [1.165, 1.54) is 19.3 Å². The summed E-state index contributed by atoms with van der Waals surface area (Å²) in [5.41, 5.74) is 1.09. The van der Waals surface area contributed by atoms with Gasteiger partial charge < -0.3 is 4.74 Å². The maximum Gasteiger partial charge on any atom is 0.384 e. The number of hydrogen-bond donors (Lipinski definition) is 0. The van der Waals surface area contributed by atoms with Crippen molar-refractivity contribution in [3.8, 4) is 11.8 Å². The van der Waals surface area contributed by atoms with E-state index in [4.69, 9.17) is 4.74 Å². The summed E-state index contributed by atoms with van der Waals surface area (Å²) < 4.78 is 4.99. The fourth-order valence-corrected chi connectivity index (χ4v) is 1.68. The Morgan fingerprint density at radius 3 is 2.75 bits per heavy atom. The lowest BCUT2D eigenvalue weighted by Crippen LogP contribution is -2.00. The molecule has 2 nitrogen and oxygen atoms in total. The predicted octanol–water partition coefficient (Wildman–Crippen LogP) is 4.22. The molecule has 0 fully saturated rings. The molecule has 0 aliphatic heterocycles. The molecule has 0 atom stereocenters. The number of carbonyl (C=O) groups excluding carboxylic acids is 1. The second-order valence-electron chi connectivity index (χ2n) is 4.52. The van der Waals surface area contributed by atoms with Crippen LogP contribution in [0.1, 0.15) is 44.6 Å². The lowest BCUT2D eigenvalue weighted by molar-refractivity contribution is -0.135. The van der Waals surface area contributed by atoms with Crippen LogP contribution >= 0.6 is 0 Å². The van der Waals surface area contributed by atoms with Gasteiger partial charge in [0.25, 0.3) is 0 Å². The standard InChI is InChI=1S/C18H22O2/c1-2-3-4-5-6-10-15-18(19)20-16-11-14-17-12-8-7-9-13-17/h7-9,11-14H,2-6,16H2,1H3/b14-11+. The molecular weight excluding hydrogens is 248 g/mol. The molecule has 0 aliphatic rings. The van der Waals surface area contributed by atoms with Crippen LogP contribution in [0.5, 0.6) is 0 Å². The van der Waals surface area contributed by atoms with Crippen LogP contribution in [0, 0.1) is 11.8 Å². The van der Waals surface area contributed by atoms with Crippen LogP contribution in [0.4, 0.5) is 0 Å². The Morgan fingerprint density at radius 1 is 1.20 bits per heavy atom. The third-order valence-electron chi connectivity index (χ3n) is 2.77. The number of esters is 1. The summed E-state index contributed by atoms with van der Waals surface area (Å²) >= 11 is 0. The van der Waals surface area contributed by atoms with E-state index in [1.54, 1.807) is 0 Å². The molecule has 0 heterocycles. The minimum atomic E-state index is -0.446. The lowest BCUT2D eigenvalue weighted by Gasteiger charge is -1.95. The Kier molecular flexibility index (Phi) is 8.72. The van der Waals surface area contributed by atoms with E-state index in [0.717, 1.165) is 18.4 Å². The predicted molar refractivity (Wildman–Crippen MR) is 83.0 cm³/mol. The molecule has 0 radical (unpaired) electrons. The van der Waals surface area contributed by atoms with Gasteiger partial charge in [0.2, 0.25) is 0 Å². The third kappa shape index (κ3) is 8.16. The number of ether oxygens (including phenoxy) is 1. The summed E-state index contributed by atoms with van der Waals surface area (Å²) in [7, 11) is 0. The van der Waals surface area contributed by atoms with Gasteiger partial charge in [-0.2, -0.15) is 0 Å². The second kappa shape index (κ2) is 10.9. The molecule has 20 heavy (non-hydrogen) atoms.